The van der Waals surface area contributed by atoms with Gasteiger partial charge < -0.3 is 10.7 Å². The molecule has 0 aliphatic heterocycles. The van der Waals surface area contributed by atoms with Crippen LogP contribution < -0.4 is 5.73 Å². The standard InChI is InChI=1S/C14H20N2/c1-11-12(7-3-2-6-10-15)13-8-4-5-9-14(13)16-11/h4-5,8-9,16H,2-3,6-7,10,15H2,1H3. The largest absolute Gasteiger partial charge is 0.358 e. The van der Waals surface area contributed by atoms with E-state index in [0.717, 1.165) is 19.4 Å². The van der Waals surface area contributed by atoms with E-state index in [1.807, 2.05) is 0 Å². The smallest absolute Gasteiger partial charge is 0.0458 e. The number of hydrogen-bond acceptors (Lipinski definition) is 1. The van der Waals surface area contributed by atoms with E-state index in [1.54, 1.807) is 0 Å². The van der Waals surface area contributed by atoms with Crippen LogP contribution in [-0.4, -0.2) is 11.5 Å². The molecule has 2 heteroatoms. The molecule has 0 unspecified atom stereocenters. The van der Waals surface area contributed by atoms with E-state index in [-0.39, 0.29) is 0 Å². The van der Waals surface area contributed by atoms with E-state index in [0.29, 0.717) is 0 Å². The quantitative estimate of drug-likeness (QED) is 0.741. The summed E-state index contributed by atoms with van der Waals surface area (Å²) in [7, 11) is 0. The van der Waals surface area contributed by atoms with Crippen LogP contribution in [0.2, 0.25) is 0 Å². The average molecular weight is 216 g/mol. The average Bonchev–Trinajstić information content (AvgIpc) is 2.61. The molecule has 0 saturated carbocycles. The Kier molecular flexibility index (Phi) is 3.62. The summed E-state index contributed by atoms with van der Waals surface area (Å²) in [6.07, 6.45) is 4.77. The van der Waals surface area contributed by atoms with Gasteiger partial charge in [-0.25, -0.2) is 0 Å². The molecule has 0 fully saturated rings. The van der Waals surface area contributed by atoms with E-state index in [1.165, 1.54) is 35.0 Å². The monoisotopic (exact) mass is 216 g/mol. The van der Waals surface area contributed by atoms with E-state index < -0.39 is 0 Å². The van der Waals surface area contributed by atoms with Gasteiger partial charge in [0.05, 0.1) is 0 Å². The fraction of sp³-hybridized carbons (Fsp3) is 0.429. The molecule has 1 aromatic carbocycles. The highest BCUT2D eigenvalue weighted by Gasteiger charge is 2.06. The zero-order valence-electron chi connectivity index (χ0n) is 9.92. The molecule has 0 amide bonds. The molecule has 0 aliphatic carbocycles. The molecular weight excluding hydrogens is 196 g/mol. The number of aromatic amines is 1. The normalized spacial score (nSPS) is 11.1. The highest BCUT2D eigenvalue weighted by Crippen LogP contribution is 2.23. The maximum atomic E-state index is 5.50. The molecule has 0 bridgehead atoms. The van der Waals surface area contributed by atoms with Crippen molar-refractivity contribution in [2.75, 3.05) is 6.54 Å². The van der Waals surface area contributed by atoms with Gasteiger partial charge in [0.2, 0.25) is 0 Å². The lowest BCUT2D eigenvalue weighted by atomic mass is 10.0. The lowest BCUT2D eigenvalue weighted by Crippen LogP contribution is -1.98. The Balaban J connectivity index is 2.13. The molecule has 0 atom stereocenters. The molecular formula is C14H20N2. The summed E-state index contributed by atoms with van der Waals surface area (Å²) in [4.78, 5) is 3.44. The topological polar surface area (TPSA) is 41.8 Å². The number of aromatic nitrogens is 1. The molecule has 3 N–H and O–H groups in total. The SMILES string of the molecule is Cc1[nH]c2ccccc2c1CCCCCN. The first-order valence-corrected chi connectivity index (χ1v) is 6.09. The molecule has 0 aliphatic rings. The van der Waals surface area contributed by atoms with Crippen LogP contribution in [0.15, 0.2) is 24.3 Å². The van der Waals surface area contributed by atoms with Gasteiger partial charge in [0.1, 0.15) is 0 Å². The van der Waals surface area contributed by atoms with Gasteiger partial charge >= 0.3 is 0 Å². The number of benzene rings is 1. The molecule has 2 aromatic rings. The van der Waals surface area contributed by atoms with Crippen molar-refractivity contribution in [1.82, 2.24) is 4.98 Å². The van der Waals surface area contributed by atoms with Crippen LogP contribution in [0.25, 0.3) is 10.9 Å². The number of fused-ring (bicyclic) bond motifs is 1. The zero-order valence-corrected chi connectivity index (χ0v) is 9.92. The predicted octanol–water partition coefficient (Wildman–Crippen LogP) is 3.15. The predicted molar refractivity (Wildman–Crippen MR) is 69.6 cm³/mol. The van der Waals surface area contributed by atoms with Gasteiger partial charge in [0, 0.05) is 16.6 Å². The van der Waals surface area contributed by atoms with Gasteiger partial charge in [-0.05, 0) is 44.4 Å². The number of nitrogens with two attached hydrogens (primary N) is 1. The van der Waals surface area contributed by atoms with Crippen molar-refractivity contribution in [1.29, 1.82) is 0 Å². The third-order valence-electron chi connectivity index (χ3n) is 3.16. The van der Waals surface area contributed by atoms with E-state index >= 15 is 0 Å². The van der Waals surface area contributed by atoms with Crippen molar-refractivity contribution in [3.05, 3.63) is 35.5 Å². The Hall–Kier alpha value is -1.28. The number of aryl methyl sites for hydroxylation is 2. The molecule has 2 rings (SSSR count). The van der Waals surface area contributed by atoms with E-state index in [4.69, 9.17) is 5.73 Å². The van der Waals surface area contributed by atoms with Gasteiger partial charge in [-0.3, -0.25) is 0 Å². The first-order chi connectivity index (χ1) is 7.83. The van der Waals surface area contributed by atoms with Crippen molar-refractivity contribution in [3.63, 3.8) is 0 Å². The Morgan fingerprint density at radius 3 is 2.75 bits per heavy atom. The lowest BCUT2D eigenvalue weighted by molar-refractivity contribution is 0.686. The third-order valence-corrected chi connectivity index (χ3v) is 3.16. The van der Waals surface area contributed by atoms with Crippen molar-refractivity contribution in [3.8, 4) is 0 Å². The van der Waals surface area contributed by atoms with Crippen LogP contribution in [0.5, 0.6) is 0 Å². The molecule has 1 aromatic heterocycles. The fourth-order valence-electron chi connectivity index (χ4n) is 2.28. The minimum absolute atomic E-state index is 0.812. The Morgan fingerprint density at radius 1 is 1.12 bits per heavy atom. The summed E-state index contributed by atoms with van der Waals surface area (Å²) in [6, 6.07) is 8.54. The Morgan fingerprint density at radius 2 is 1.94 bits per heavy atom. The first-order valence-electron chi connectivity index (χ1n) is 6.09. The Bertz CT molecular complexity index is 457. The summed E-state index contributed by atoms with van der Waals surface area (Å²) in [5.74, 6) is 0. The Labute approximate surface area is 96.9 Å². The second-order valence-electron chi connectivity index (χ2n) is 4.37. The minimum Gasteiger partial charge on any atom is -0.358 e. The van der Waals surface area contributed by atoms with E-state index in [2.05, 4.69) is 36.2 Å². The zero-order chi connectivity index (χ0) is 11.4. The fourth-order valence-corrected chi connectivity index (χ4v) is 2.28. The molecule has 16 heavy (non-hydrogen) atoms. The van der Waals surface area contributed by atoms with Crippen molar-refractivity contribution in [2.24, 2.45) is 5.73 Å². The number of para-hydroxylation sites is 1. The molecule has 0 spiro atoms. The number of nitrogens with one attached hydrogen (secondary N) is 1. The van der Waals surface area contributed by atoms with Crippen LogP contribution in [-0.2, 0) is 6.42 Å². The molecule has 0 saturated heterocycles. The highest BCUT2D eigenvalue weighted by molar-refractivity contribution is 5.84. The lowest BCUT2D eigenvalue weighted by Gasteiger charge is -2.01. The van der Waals surface area contributed by atoms with E-state index in [9.17, 15) is 0 Å². The summed E-state index contributed by atoms with van der Waals surface area (Å²) >= 11 is 0. The van der Waals surface area contributed by atoms with Crippen LogP contribution in [0.4, 0.5) is 0 Å². The van der Waals surface area contributed by atoms with Crippen molar-refractivity contribution in [2.45, 2.75) is 32.6 Å². The molecule has 86 valence electrons. The molecule has 2 nitrogen and oxygen atoms in total. The second kappa shape index (κ2) is 5.17. The van der Waals surface area contributed by atoms with Crippen LogP contribution in [0, 0.1) is 6.92 Å². The number of H-pyrrole nitrogens is 1. The van der Waals surface area contributed by atoms with Crippen molar-refractivity contribution >= 4 is 10.9 Å². The molecule has 0 radical (unpaired) electrons. The number of rotatable bonds is 5. The van der Waals surface area contributed by atoms with Crippen LogP contribution >= 0.6 is 0 Å². The van der Waals surface area contributed by atoms with Gasteiger partial charge in [0.25, 0.3) is 0 Å². The number of hydrogen-bond donors (Lipinski definition) is 2. The minimum atomic E-state index is 0.812. The third kappa shape index (κ3) is 2.27. The summed E-state index contributed by atoms with van der Waals surface area (Å²) < 4.78 is 0. The van der Waals surface area contributed by atoms with Gasteiger partial charge in [-0.2, -0.15) is 0 Å². The van der Waals surface area contributed by atoms with Gasteiger partial charge in [-0.15, -0.1) is 0 Å². The van der Waals surface area contributed by atoms with Gasteiger partial charge in [-0.1, -0.05) is 24.6 Å². The van der Waals surface area contributed by atoms with Gasteiger partial charge in [0.15, 0.2) is 0 Å². The van der Waals surface area contributed by atoms with Crippen LogP contribution in [0.1, 0.15) is 30.5 Å². The second-order valence-corrected chi connectivity index (χ2v) is 4.37. The van der Waals surface area contributed by atoms with Crippen LogP contribution in [0.3, 0.4) is 0 Å². The highest BCUT2D eigenvalue weighted by atomic mass is 14.7. The summed E-state index contributed by atoms with van der Waals surface area (Å²) in [5.41, 5.74) is 9.55. The summed E-state index contributed by atoms with van der Waals surface area (Å²) in [6.45, 7) is 2.98. The number of unbranched alkanes of at least 4 members (excludes halogenated alkanes) is 2. The molecule has 1 heterocycles. The van der Waals surface area contributed by atoms with Crippen molar-refractivity contribution < 1.29 is 0 Å². The first kappa shape index (κ1) is 11.2. The maximum absolute atomic E-state index is 5.50. The summed E-state index contributed by atoms with van der Waals surface area (Å²) in [5, 5.41) is 1.38. The maximum Gasteiger partial charge on any atom is 0.0458 e.